The molecule has 3 aromatic carbocycles. The molecule has 1 aromatic heterocycles. The summed E-state index contributed by atoms with van der Waals surface area (Å²) in [7, 11) is 0. The second-order valence-corrected chi connectivity index (χ2v) is 16.9. The Morgan fingerprint density at radius 3 is 1.16 bits per heavy atom. The van der Waals surface area contributed by atoms with Crippen molar-refractivity contribution in [1.29, 1.82) is 0 Å². The molecule has 0 bridgehead atoms. The van der Waals surface area contributed by atoms with Crippen LogP contribution in [-0.4, -0.2) is 65.2 Å². The molecular formula is C53H78N6O8. The van der Waals surface area contributed by atoms with Crippen LogP contribution in [0, 0.1) is 0 Å². The van der Waals surface area contributed by atoms with Gasteiger partial charge in [0.05, 0.1) is 43.5 Å². The van der Waals surface area contributed by atoms with E-state index in [4.69, 9.17) is 43.4 Å². The van der Waals surface area contributed by atoms with Crippen molar-refractivity contribution in [2.24, 2.45) is 0 Å². The van der Waals surface area contributed by atoms with Gasteiger partial charge in [-0.05, 0) is 88.8 Å². The summed E-state index contributed by atoms with van der Waals surface area (Å²) < 4.78 is 37.7. The average Bonchev–Trinajstić information content (AvgIpc) is 3.31. The number of unbranched alkanes of at least 4 members (excludes halogenated alkanes) is 8. The van der Waals surface area contributed by atoms with Gasteiger partial charge in [-0.2, -0.15) is 15.0 Å². The monoisotopic (exact) mass is 927 g/mol. The first-order valence-corrected chi connectivity index (χ1v) is 25.0. The van der Waals surface area contributed by atoms with E-state index >= 15 is 0 Å². The minimum Gasteiger partial charge on any atom is -0.494 e. The van der Waals surface area contributed by atoms with Gasteiger partial charge in [0.1, 0.15) is 34.5 Å². The van der Waals surface area contributed by atoms with Crippen LogP contribution in [0.3, 0.4) is 0 Å². The van der Waals surface area contributed by atoms with Crippen molar-refractivity contribution in [3.05, 3.63) is 54.6 Å². The van der Waals surface area contributed by atoms with Crippen LogP contribution >= 0.6 is 0 Å². The highest BCUT2D eigenvalue weighted by Crippen LogP contribution is 2.37. The van der Waals surface area contributed by atoms with Gasteiger partial charge in [-0.15, -0.1) is 0 Å². The largest absolute Gasteiger partial charge is 0.494 e. The molecular weight excluding hydrogens is 849 g/mol. The number of carbonyl (C=O) groups is 2. The van der Waals surface area contributed by atoms with E-state index in [1.54, 1.807) is 26.0 Å². The standard InChI is InChI=1S/C53H78N6O8/c1-9-15-19-31-62-40-25-28-48(64-33-21-17-11-3)43(35-40)54-51-57-52(55-44-37-42(66-46(23-13-5)38(7)60)27-29-49(44)65-34-22-18-12-4)59-53(58-51)56-45-36-41(63-32-20-16-10-2)26-30-50(45)67-47(24-14-6)39(8)61/h25-30,35-37,46-47H,9-24,31-34H2,1-8H3,(H3,54,55,56,57,58,59). The number of Topliss-reactive ketones (excluding diaryl/α,β-unsaturated/α-hetero) is 2. The quantitative estimate of drug-likeness (QED) is 0.0369. The van der Waals surface area contributed by atoms with Crippen molar-refractivity contribution in [1.82, 2.24) is 15.0 Å². The Bertz CT molecular complexity index is 2080. The fraction of sp³-hybridized carbons (Fsp3) is 0.566. The van der Waals surface area contributed by atoms with Gasteiger partial charge in [-0.1, -0.05) is 106 Å². The van der Waals surface area contributed by atoms with Crippen LogP contribution in [-0.2, 0) is 9.59 Å². The highest BCUT2D eigenvalue weighted by atomic mass is 16.5. The molecule has 0 saturated carbocycles. The van der Waals surface area contributed by atoms with Crippen molar-refractivity contribution in [2.75, 3.05) is 42.4 Å². The van der Waals surface area contributed by atoms with Crippen molar-refractivity contribution in [3.8, 4) is 34.5 Å². The number of ketones is 2. The van der Waals surface area contributed by atoms with E-state index in [1.807, 2.05) is 56.3 Å². The third-order valence-electron chi connectivity index (χ3n) is 10.8. The van der Waals surface area contributed by atoms with Gasteiger partial charge < -0.3 is 44.4 Å². The Labute approximate surface area is 400 Å². The van der Waals surface area contributed by atoms with E-state index in [2.05, 4.69) is 43.6 Å². The lowest BCUT2D eigenvalue weighted by atomic mass is 10.1. The number of hydrogen-bond acceptors (Lipinski definition) is 14. The maximum atomic E-state index is 12.8. The van der Waals surface area contributed by atoms with Crippen LogP contribution in [0.25, 0.3) is 0 Å². The van der Waals surface area contributed by atoms with Crippen molar-refractivity contribution in [3.63, 3.8) is 0 Å². The zero-order chi connectivity index (χ0) is 48.2. The Balaban J connectivity index is 1.86. The summed E-state index contributed by atoms with van der Waals surface area (Å²) in [6, 6.07) is 16.6. The molecule has 1 heterocycles. The summed E-state index contributed by atoms with van der Waals surface area (Å²) in [6.45, 7) is 17.9. The lowest BCUT2D eigenvalue weighted by Gasteiger charge is -2.20. The minimum absolute atomic E-state index is 0.0487. The molecule has 67 heavy (non-hydrogen) atoms. The minimum atomic E-state index is -0.646. The average molecular weight is 927 g/mol. The lowest BCUT2D eigenvalue weighted by molar-refractivity contribution is -0.124. The molecule has 0 aliphatic carbocycles. The molecule has 4 aromatic rings. The molecule has 0 aliphatic heterocycles. The van der Waals surface area contributed by atoms with E-state index in [0.29, 0.717) is 90.8 Å². The molecule has 3 N–H and O–H groups in total. The molecule has 0 aliphatic rings. The first-order valence-electron chi connectivity index (χ1n) is 25.0. The molecule has 2 atom stereocenters. The Morgan fingerprint density at radius 1 is 0.433 bits per heavy atom. The van der Waals surface area contributed by atoms with Gasteiger partial charge in [0.15, 0.2) is 23.8 Å². The summed E-state index contributed by atoms with van der Waals surface area (Å²) in [5.74, 6) is 3.84. The number of carbonyl (C=O) groups excluding carboxylic acids is 2. The number of anilines is 6. The first kappa shape index (κ1) is 53.8. The second kappa shape index (κ2) is 30.5. The van der Waals surface area contributed by atoms with Gasteiger partial charge in [0.2, 0.25) is 17.8 Å². The highest BCUT2D eigenvalue weighted by molar-refractivity contribution is 5.81. The van der Waals surface area contributed by atoms with Crippen molar-refractivity contribution >= 4 is 46.5 Å². The van der Waals surface area contributed by atoms with E-state index < -0.39 is 12.2 Å². The predicted molar refractivity (Wildman–Crippen MR) is 269 cm³/mol. The molecule has 368 valence electrons. The van der Waals surface area contributed by atoms with Gasteiger partial charge in [0.25, 0.3) is 0 Å². The summed E-state index contributed by atoms with van der Waals surface area (Å²) in [6.07, 6.45) is 13.6. The number of aromatic nitrogens is 3. The molecule has 0 fully saturated rings. The SMILES string of the molecule is CCCCCOc1ccc(OCCCCC)c(Nc2nc(Nc3cc(OC(CCC)C(C)=O)ccc3OCCCCC)nc(Nc3cc(OCCCCC)ccc3OC(CCC)C(C)=O)n2)c1. The number of nitrogens with zero attached hydrogens (tertiary/aromatic N) is 3. The van der Waals surface area contributed by atoms with Crippen LogP contribution in [0.5, 0.6) is 34.5 Å². The normalized spacial score (nSPS) is 11.9. The van der Waals surface area contributed by atoms with Crippen LogP contribution in [0.2, 0.25) is 0 Å². The zero-order valence-corrected chi connectivity index (χ0v) is 41.6. The van der Waals surface area contributed by atoms with Crippen LogP contribution in [0.1, 0.15) is 158 Å². The maximum absolute atomic E-state index is 12.8. The number of benzene rings is 3. The predicted octanol–water partition coefficient (Wildman–Crippen LogP) is 13.7. The van der Waals surface area contributed by atoms with E-state index in [-0.39, 0.29) is 29.4 Å². The van der Waals surface area contributed by atoms with Gasteiger partial charge >= 0.3 is 0 Å². The molecule has 0 saturated heterocycles. The summed E-state index contributed by atoms with van der Waals surface area (Å²) in [5, 5.41) is 10.2. The molecule has 2 unspecified atom stereocenters. The molecule has 0 radical (unpaired) electrons. The Kier molecular flexibility index (Phi) is 24.5. The van der Waals surface area contributed by atoms with Crippen LogP contribution in [0.4, 0.5) is 34.9 Å². The third-order valence-corrected chi connectivity index (χ3v) is 10.8. The number of nitrogens with one attached hydrogen (secondary N) is 3. The Hall–Kier alpha value is -5.79. The molecule has 0 spiro atoms. The number of ether oxygens (including phenoxy) is 6. The lowest BCUT2D eigenvalue weighted by Crippen LogP contribution is -2.25. The topological polar surface area (TPSA) is 164 Å². The first-order chi connectivity index (χ1) is 32.6. The maximum Gasteiger partial charge on any atom is 0.233 e. The number of hydrogen-bond donors (Lipinski definition) is 3. The molecule has 14 heteroatoms. The van der Waals surface area contributed by atoms with E-state index in [1.165, 1.54) is 0 Å². The third kappa shape index (κ3) is 19.2. The van der Waals surface area contributed by atoms with Crippen LogP contribution < -0.4 is 44.4 Å². The molecule has 14 nitrogen and oxygen atoms in total. The summed E-state index contributed by atoms with van der Waals surface area (Å²) >= 11 is 0. The van der Waals surface area contributed by atoms with Gasteiger partial charge in [-0.3, -0.25) is 9.59 Å². The summed E-state index contributed by atoms with van der Waals surface area (Å²) in [4.78, 5) is 40.0. The highest BCUT2D eigenvalue weighted by Gasteiger charge is 2.21. The van der Waals surface area contributed by atoms with Crippen molar-refractivity contribution < 1.29 is 38.0 Å². The number of rotatable bonds is 36. The van der Waals surface area contributed by atoms with E-state index in [9.17, 15) is 9.59 Å². The van der Waals surface area contributed by atoms with E-state index in [0.717, 1.165) is 89.9 Å². The molecule has 4 rings (SSSR count). The second-order valence-electron chi connectivity index (χ2n) is 16.9. The fourth-order valence-electron chi connectivity index (χ4n) is 7.02. The van der Waals surface area contributed by atoms with Crippen LogP contribution in [0.15, 0.2) is 54.6 Å². The van der Waals surface area contributed by atoms with Gasteiger partial charge in [-0.25, -0.2) is 0 Å². The van der Waals surface area contributed by atoms with Crippen molar-refractivity contribution in [2.45, 2.75) is 170 Å². The van der Waals surface area contributed by atoms with Gasteiger partial charge in [0, 0.05) is 18.2 Å². The Morgan fingerprint density at radius 2 is 0.776 bits per heavy atom. The summed E-state index contributed by atoms with van der Waals surface area (Å²) in [5.41, 5.74) is 1.65. The zero-order valence-electron chi connectivity index (χ0n) is 41.6. The smallest absolute Gasteiger partial charge is 0.233 e. The fourth-order valence-corrected chi connectivity index (χ4v) is 7.02. The molecule has 0 amide bonds.